The van der Waals surface area contributed by atoms with Crippen LogP contribution in [0.3, 0.4) is 0 Å². The number of halogens is 3. The van der Waals surface area contributed by atoms with E-state index < -0.39 is 17.3 Å². The van der Waals surface area contributed by atoms with Gasteiger partial charge in [-0.2, -0.15) is 0 Å². The first-order valence-corrected chi connectivity index (χ1v) is 10.3. The lowest BCUT2D eigenvalue weighted by Crippen LogP contribution is -2.51. The third-order valence-corrected chi connectivity index (χ3v) is 5.46. The quantitative estimate of drug-likeness (QED) is 0.675. The SMILES string of the molecule is CCN(C(=O)Nc1ccc(F)c(C(C)(F)F)c1)C1CCCN(Cc2ccccc2)C1. The zero-order valence-electron chi connectivity index (χ0n) is 17.4. The first-order valence-electron chi connectivity index (χ1n) is 10.3. The first kappa shape index (κ1) is 22.2. The number of likely N-dealkylation sites (tertiary alicyclic amines) is 1. The van der Waals surface area contributed by atoms with Crippen LogP contribution in [0, 0.1) is 5.82 Å². The van der Waals surface area contributed by atoms with E-state index in [-0.39, 0.29) is 17.8 Å². The number of alkyl halides is 2. The normalized spacial score (nSPS) is 17.6. The first-order chi connectivity index (χ1) is 14.3. The average molecular weight is 419 g/mol. The molecule has 0 radical (unpaired) electrons. The Hall–Kier alpha value is -2.54. The second-order valence-corrected chi connectivity index (χ2v) is 7.82. The summed E-state index contributed by atoms with van der Waals surface area (Å²) in [7, 11) is 0. The maximum absolute atomic E-state index is 13.7. The van der Waals surface area contributed by atoms with E-state index in [1.165, 1.54) is 11.6 Å². The number of carbonyl (C=O) groups excluding carboxylic acids is 1. The van der Waals surface area contributed by atoms with Crippen molar-refractivity contribution in [3.8, 4) is 0 Å². The minimum Gasteiger partial charge on any atom is -0.321 e. The summed E-state index contributed by atoms with van der Waals surface area (Å²) in [5.74, 6) is -4.31. The molecule has 1 saturated heterocycles. The van der Waals surface area contributed by atoms with Crippen LogP contribution in [0.4, 0.5) is 23.7 Å². The minimum absolute atomic E-state index is 0.0278. The van der Waals surface area contributed by atoms with E-state index in [4.69, 9.17) is 0 Å². The van der Waals surface area contributed by atoms with E-state index >= 15 is 0 Å². The van der Waals surface area contributed by atoms with Gasteiger partial charge in [-0.3, -0.25) is 4.90 Å². The predicted octanol–water partition coefficient (Wildman–Crippen LogP) is 5.46. The number of amides is 2. The Morgan fingerprint density at radius 3 is 2.63 bits per heavy atom. The van der Waals surface area contributed by atoms with Crippen LogP contribution < -0.4 is 5.32 Å². The summed E-state index contributed by atoms with van der Waals surface area (Å²) >= 11 is 0. The van der Waals surface area contributed by atoms with E-state index in [1.807, 2.05) is 25.1 Å². The van der Waals surface area contributed by atoms with Crippen molar-refractivity contribution in [2.75, 3.05) is 25.0 Å². The van der Waals surface area contributed by atoms with E-state index in [0.717, 1.165) is 44.6 Å². The Morgan fingerprint density at radius 1 is 1.23 bits per heavy atom. The third kappa shape index (κ3) is 5.53. The molecule has 162 valence electrons. The molecule has 1 aliphatic heterocycles. The fourth-order valence-corrected chi connectivity index (χ4v) is 3.97. The van der Waals surface area contributed by atoms with Gasteiger partial charge < -0.3 is 10.2 Å². The number of nitrogens with zero attached hydrogens (tertiary/aromatic N) is 2. The Labute approximate surface area is 175 Å². The largest absolute Gasteiger partial charge is 0.322 e. The highest BCUT2D eigenvalue weighted by atomic mass is 19.3. The Balaban J connectivity index is 1.67. The number of hydrogen-bond donors (Lipinski definition) is 1. The van der Waals surface area contributed by atoms with E-state index in [0.29, 0.717) is 13.5 Å². The Morgan fingerprint density at radius 2 is 1.97 bits per heavy atom. The monoisotopic (exact) mass is 419 g/mol. The van der Waals surface area contributed by atoms with E-state index in [9.17, 15) is 18.0 Å². The number of hydrogen-bond acceptors (Lipinski definition) is 2. The molecule has 7 heteroatoms. The van der Waals surface area contributed by atoms with Crippen LogP contribution in [0.5, 0.6) is 0 Å². The van der Waals surface area contributed by atoms with Gasteiger partial charge in [0.25, 0.3) is 5.92 Å². The van der Waals surface area contributed by atoms with Gasteiger partial charge in [0, 0.05) is 38.3 Å². The number of piperidine rings is 1. The highest BCUT2D eigenvalue weighted by Gasteiger charge is 2.30. The highest BCUT2D eigenvalue weighted by molar-refractivity contribution is 5.89. The number of anilines is 1. The Kier molecular flexibility index (Phi) is 7.02. The molecule has 0 saturated carbocycles. The lowest BCUT2D eigenvalue weighted by atomic mass is 10.0. The number of urea groups is 1. The van der Waals surface area contributed by atoms with Gasteiger partial charge in [-0.1, -0.05) is 30.3 Å². The van der Waals surface area contributed by atoms with Crippen molar-refractivity contribution >= 4 is 11.7 Å². The molecular weight excluding hydrogens is 391 g/mol. The molecule has 1 atom stereocenters. The third-order valence-electron chi connectivity index (χ3n) is 5.46. The molecule has 1 unspecified atom stereocenters. The summed E-state index contributed by atoms with van der Waals surface area (Å²) in [6, 6.07) is 13.1. The van der Waals surface area contributed by atoms with Crippen molar-refractivity contribution in [2.45, 2.75) is 45.2 Å². The lowest BCUT2D eigenvalue weighted by molar-refractivity contribution is 0.0138. The van der Waals surface area contributed by atoms with Crippen LogP contribution in [-0.4, -0.2) is 41.5 Å². The number of rotatable bonds is 6. The molecular formula is C23H28F3N3O. The van der Waals surface area contributed by atoms with Crippen molar-refractivity contribution in [1.82, 2.24) is 9.80 Å². The minimum atomic E-state index is -3.32. The summed E-state index contributed by atoms with van der Waals surface area (Å²) in [6.45, 7) is 5.57. The van der Waals surface area contributed by atoms with Crippen LogP contribution in [-0.2, 0) is 12.5 Å². The molecule has 0 aliphatic carbocycles. The number of benzene rings is 2. The van der Waals surface area contributed by atoms with Crippen LogP contribution in [0.15, 0.2) is 48.5 Å². The molecule has 4 nitrogen and oxygen atoms in total. The summed E-state index contributed by atoms with van der Waals surface area (Å²) in [5.41, 5.74) is 0.661. The molecule has 1 heterocycles. The summed E-state index contributed by atoms with van der Waals surface area (Å²) in [4.78, 5) is 16.9. The molecule has 0 bridgehead atoms. The standard InChI is InChI=1S/C23H28F3N3O/c1-3-29(19-10-7-13-28(16-19)15-17-8-5-4-6-9-17)22(30)27-18-11-12-21(24)20(14-18)23(2,25)26/h4-6,8-9,11-12,14,19H,3,7,10,13,15-16H2,1-2H3,(H,27,30). The van der Waals surface area contributed by atoms with Gasteiger partial charge in [0.1, 0.15) is 5.82 Å². The summed E-state index contributed by atoms with van der Waals surface area (Å²) in [5, 5.41) is 2.66. The van der Waals surface area contributed by atoms with Gasteiger partial charge in [0.15, 0.2) is 0 Å². The van der Waals surface area contributed by atoms with Crippen molar-refractivity contribution in [1.29, 1.82) is 0 Å². The van der Waals surface area contributed by atoms with Crippen molar-refractivity contribution in [3.63, 3.8) is 0 Å². The van der Waals surface area contributed by atoms with Crippen molar-refractivity contribution < 1.29 is 18.0 Å². The lowest BCUT2D eigenvalue weighted by Gasteiger charge is -2.39. The fourth-order valence-electron chi connectivity index (χ4n) is 3.97. The van der Waals surface area contributed by atoms with E-state index in [2.05, 4.69) is 22.3 Å². The highest BCUT2D eigenvalue weighted by Crippen LogP contribution is 2.31. The smallest absolute Gasteiger partial charge is 0.321 e. The van der Waals surface area contributed by atoms with Gasteiger partial charge in [-0.15, -0.1) is 0 Å². The molecule has 30 heavy (non-hydrogen) atoms. The topological polar surface area (TPSA) is 35.6 Å². The molecule has 1 fully saturated rings. The van der Waals surface area contributed by atoms with Crippen LogP contribution in [0.2, 0.25) is 0 Å². The Bertz CT molecular complexity index is 855. The van der Waals surface area contributed by atoms with Crippen molar-refractivity contribution in [2.24, 2.45) is 0 Å². The predicted molar refractivity (Wildman–Crippen MR) is 112 cm³/mol. The van der Waals surface area contributed by atoms with Gasteiger partial charge in [-0.25, -0.2) is 18.0 Å². The van der Waals surface area contributed by atoms with Gasteiger partial charge >= 0.3 is 6.03 Å². The van der Waals surface area contributed by atoms with Gasteiger partial charge in [0.05, 0.1) is 5.56 Å². The number of likely N-dealkylation sites (N-methyl/N-ethyl adjacent to an activating group) is 1. The second kappa shape index (κ2) is 9.51. The van der Waals surface area contributed by atoms with Crippen LogP contribution in [0.1, 0.15) is 37.8 Å². The molecule has 0 spiro atoms. The maximum Gasteiger partial charge on any atom is 0.322 e. The zero-order valence-corrected chi connectivity index (χ0v) is 17.4. The van der Waals surface area contributed by atoms with Crippen LogP contribution >= 0.6 is 0 Å². The zero-order chi connectivity index (χ0) is 21.7. The molecule has 1 aliphatic rings. The molecule has 1 N–H and O–H groups in total. The molecule has 0 aromatic heterocycles. The van der Waals surface area contributed by atoms with E-state index in [1.54, 1.807) is 4.90 Å². The second-order valence-electron chi connectivity index (χ2n) is 7.82. The van der Waals surface area contributed by atoms with Gasteiger partial charge in [-0.05, 0) is 50.1 Å². The fraction of sp³-hybridized carbons (Fsp3) is 0.435. The number of carbonyl (C=O) groups is 1. The molecule has 3 rings (SSSR count). The van der Waals surface area contributed by atoms with Crippen LogP contribution in [0.25, 0.3) is 0 Å². The van der Waals surface area contributed by atoms with Crippen molar-refractivity contribution in [3.05, 3.63) is 65.5 Å². The average Bonchev–Trinajstić information content (AvgIpc) is 2.70. The molecule has 2 aromatic carbocycles. The van der Waals surface area contributed by atoms with Gasteiger partial charge in [0.2, 0.25) is 0 Å². The molecule has 2 aromatic rings. The molecule has 2 amide bonds. The summed E-state index contributed by atoms with van der Waals surface area (Å²) < 4.78 is 40.9. The number of nitrogens with one attached hydrogen (secondary N) is 1. The maximum atomic E-state index is 13.7. The summed E-state index contributed by atoms with van der Waals surface area (Å²) in [6.07, 6.45) is 1.86.